The first-order valence-electron chi connectivity index (χ1n) is 5.56. The van der Waals surface area contributed by atoms with Crippen molar-refractivity contribution in [2.75, 3.05) is 0 Å². The molecule has 0 aliphatic carbocycles. The third-order valence-electron chi connectivity index (χ3n) is 2.50. The van der Waals surface area contributed by atoms with Crippen LogP contribution in [0, 0.1) is 0 Å². The molecule has 2 aromatic rings. The van der Waals surface area contributed by atoms with Crippen molar-refractivity contribution in [1.29, 1.82) is 0 Å². The molecule has 0 bridgehead atoms. The quantitative estimate of drug-likeness (QED) is 0.829. The number of aliphatic hydroxyl groups excluding tert-OH is 1. The number of aromatic nitrogens is 2. The van der Waals surface area contributed by atoms with E-state index in [2.05, 4.69) is 14.7 Å². The second kappa shape index (κ2) is 5.87. The van der Waals surface area contributed by atoms with E-state index < -0.39 is 10.0 Å². The van der Waals surface area contributed by atoms with Crippen molar-refractivity contribution in [3.8, 4) is 0 Å². The summed E-state index contributed by atoms with van der Waals surface area (Å²) in [5.41, 5.74) is 1.25. The third kappa shape index (κ3) is 3.57. The van der Waals surface area contributed by atoms with Gasteiger partial charge in [-0.05, 0) is 23.8 Å². The van der Waals surface area contributed by atoms with E-state index >= 15 is 0 Å². The number of benzene rings is 1. The zero-order chi connectivity index (χ0) is 13.7. The Bertz CT molecular complexity index is 627. The average Bonchev–Trinajstić information content (AvgIpc) is 2.46. The van der Waals surface area contributed by atoms with Gasteiger partial charge in [0.25, 0.3) is 0 Å². The number of nitrogens with zero attached hydrogens (tertiary/aromatic N) is 2. The summed E-state index contributed by atoms with van der Waals surface area (Å²) in [4.78, 5) is 7.84. The van der Waals surface area contributed by atoms with E-state index in [1.54, 1.807) is 24.4 Å². The molecule has 0 unspecified atom stereocenters. The molecule has 19 heavy (non-hydrogen) atoms. The van der Waals surface area contributed by atoms with Gasteiger partial charge >= 0.3 is 0 Å². The van der Waals surface area contributed by atoms with Gasteiger partial charge in [0.15, 0.2) is 0 Å². The summed E-state index contributed by atoms with van der Waals surface area (Å²) in [5, 5.41) is 8.90. The van der Waals surface area contributed by atoms with Crippen molar-refractivity contribution >= 4 is 10.0 Å². The molecule has 0 radical (unpaired) electrons. The zero-order valence-electron chi connectivity index (χ0n) is 10.0. The standard InChI is InChI=1S/C12H13N3O3S/c16-8-10-1-3-12(4-2-10)19(17,18)15-7-11-5-6-13-9-14-11/h1-6,9,15-16H,7-8H2. The van der Waals surface area contributed by atoms with Gasteiger partial charge in [0.1, 0.15) is 6.33 Å². The first kappa shape index (κ1) is 13.6. The number of rotatable bonds is 5. The van der Waals surface area contributed by atoms with Crippen molar-refractivity contribution < 1.29 is 13.5 Å². The van der Waals surface area contributed by atoms with Crippen molar-refractivity contribution in [1.82, 2.24) is 14.7 Å². The van der Waals surface area contributed by atoms with Crippen LogP contribution in [0.1, 0.15) is 11.3 Å². The van der Waals surface area contributed by atoms with E-state index in [1.165, 1.54) is 18.5 Å². The molecule has 0 aliphatic heterocycles. The zero-order valence-corrected chi connectivity index (χ0v) is 10.8. The number of nitrogens with one attached hydrogen (secondary N) is 1. The molecule has 0 saturated heterocycles. The van der Waals surface area contributed by atoms with Crippen LogP contribution in [0.3, 0.4) is 0 Å². The molecule has 2 rings (SSSR count). The summed E-state index contributed by atoms with van der Waals surface area (Å²) >= 11 is 0. The lowest BCUT2D eigenvalue weighted by Crippen LogP contribution is -2.23. The summed E-state index contributed by atoms with van der Waals surface area (Å²) in [6.07, 6.45) is 2.91. The average molecular weight is 279 g/mol. The number of hydrogen-bond acceptors (Lipinski definition) is 5. The first-order valence-corrected chi connectivity index (χ1v) is 7.04. The lowest BCUT2D eigenvalue weighted by atomic mass is 10.2. The molecule has 2 N–H and O–H groups in total. The predicted octanol–water partition coefficient (Wildman–Crippen LogP) is 0.447. The molecule has 1 aromatic heterocycles. The Kier molecular flexibility index (Phi) is 4.20. The number of aliphatic hydroxyl groups is 1. The molecular weight excluding hydrogens is 266 g/mol. The van der Waals surface area contributed by atoms with Crippen LogP contribution >= 0.6 is 0 Å². The lowest BCUT2D eigenvalue weighted by molar-refractivity contribution is 0.282. The summed E-state index contributed by atoms with van der Waals surface area (Å²) in [5.74, 6) is 0. The Hall–Kier alpha value is -1.83. The van der Waals surface area contributed by atoms with E-state index in [1.807, 2.05) is 0 Å². The van der Waals surface area contributed by atoms with E-state index in [9.17, 15) is 8.42 Å². The number of sulfonamides is 1. The Labute approximate surface area is 111 Å². The van der Waals surface area contributed by atoms with Crippen LogP contribution in [0.15, 0.2) is 47.8 Å². The van der Waals surface area contributed by atoms with E-state index in [0.29, 0.717) is 11.3 Å². The minimum Gasteiger partial charge on any atom is -0.392 e. The monoisotopic (exact) mass is 279 g/mol. The highest BCUT2D eigenvalue weighted by atomic mass is 32.2. The SMILES string of the molecule is O=S(=O)(NCc1ccncn1)c1ccc(CO)cc1. The highest BCUT2D eigenvalue weighted by Crippen LogP contribution is 2.10. The lowest BCUT2D eigenvalue weighted by Gasteiger charge is -2.06. The van der Waals surface area contributed by atoms with Crippen molar-refractivity contribution in [3.05, 3.63) is 54.1 Å². The van der Waals surface area contributed by atoms with Crippen molar-refractivity contribution in [3.63, 3.8) is 0 Å². The molecule has 7 heteroatoms. The van der Waals surface area contributed by atoms with E-state index in [4.69, 9.17) is 5.11 Å². The second-order valence-electron chi connectivity index (χ2n) is 3.83. The first-order chi connectivity index (χ1) is 9.12. The number of hydrogen-bond donors (Lipinski definition) is 2. The van der Waals surface area contributed by atoms with Crippen molar-refractivity contribution in [2.45, 2.75) is 18.0 Å². The molecule has 1 heterocycles. The molecule has 0 spiro atoms. The Morgan fingerprint density at radius 2 is 1.89 bits per heavy atom. The molecule has 0 aliphatic rings. The van der Waals surface area contributed by atoms with Gasteiger partial charge in [-0.1, -0.05) is 12.1 Å². The van der Waals surface area contributed by atoms with Gasteiger partial charge in [0.05, 0.1) is 23.7 Å². The molecule has 6 nitrogen and oxygen atoms in total. The van der Waals surface area contributed by atoms with Gasteiger partial charge in [-0.3, -0.25) is 0 Å². The Morgan fingerprint density at radius 1 is 1.16 bits per heavy atom. The fourth-order valence-corrected chi connectivity index (χ4v) is 2.45. The minimum absolute atomic E-state index is 0.104. The van der Waals surface area contributed by atoms with Crippen LogP contribution in [0.25, 0.3) is 0 Å². The van der Waals surface area contributed by atoms with Crippen LogP contribution in [-0.2, 0) is 23.2 Å². The van der Waals surface area contributed by atoms with Crippen LogP contribution in [0.5, 0.6) is 0 Å². The fraction of sp³-hybridized carbons (Fsp3) is 0.167. The maximum absolute atomic E-state index is 12.0. The maximum Gasteiger partial charge on any atom is 0.240 e. The molecule has 0 saturated carbocycles. The topological polar surface area (TPSA) is 92.2 Å². The molecular formula is C12H13N3O3S. The van der Waals surface area contributed by atoms with Crippen LogP contribution in [0.2, 0.25) is 0 Å². The minimum atomic E-state index is -3.58. The van der Waals surface area contributed by atoms with E-state index in [-0.39, 0.29) is 18.0 Å². The molecule has 0 atom stereocenters. The van der Waals surface area contributed by atoms with Gasteiger partial charge in [-0.15, -0.1) is 0 Å². The molecule has 100 valence electrons. The highest BCUT2D eigenvalue weighted by molar-refractivity contribution is 7.89. The smallest absolute Gasteiger partial charge is 0.240 e. The highest BCUT2D eigenvalue weighted by Gasteiger charge is 2.13. The van der Waals surface area contributed by atoms with Gasteiger partial charge in [0.2, 0.25) is 10.0 Å². The van der Waals surface area contributed by atoms with Gasteiger partial charge in [0, 0.05) is 6.20 Å². The van der Waals surface area contributed by atoms with Crippen LogP contribution in [-0.4, -0.2) is 23.5 Å². The Morgan fingerprint density at radius 3 is 2.47 bits per heavy atom. The third-order valence-corrected chi connectivity index (χ3v) is 3.92. The molecule has 0 amide bonds. The summed E-state index contributed by atoms with van der Waals surface area (Å²) in [7, 11) is -3.58. The fourth-order valence-electron chi connectivity index (χ4n) is 1.45. The normalized spacial score (nSPS) is 11.4. The van der Waals surface area contributed by atoms with Crippen LogP contribution < -0.4 is 4.72 Å². The van der Waals surface area contributed by atoms with E-state index in [0.717, 1.165) is 0 Å². The summed E-state index contributed by atoms with van der Waals surface area (Å²) in [6, 6.07) is 7.68. The predicted molar refractivity (Wildman–Crippen MR) is 68.4 cm³/mol. The van der Waals surface area contributed by atoms with Gasteiger partial charge in [-0.25, -0.2) is 23.1 Å². The van der Waals surface area contributed by atoms with Crippen molar-refractivity contribution in [2.24, 2.45) is 0 Å². The summed E-state index contributed by atoms with van der Waals surface area (Å²) < 4.78 is 26.4. The maximum atomic E-state index is 12.0. The summed E-state index contributed by atoms with van der Waals surface area (Å²) in [6.45, 7) is -0.0126. The van der Waals surface area contributed by atoms with Crippen LogP contribution in [0.4, 0.5) is 0 Å². The largest absolute Gasteiger partial charge is 0.392 e. The molecule has 1 aromatic carbocycles. The Balaban J connectivity index is 2.09. The van der Waals surface area contributed by atoms with Gasteiger partial charge < -0.3 is 5.11 Å². The molecule has 0 fully saturated rings. The second-order valence-corrected chi connectivity index (χ2v) is 5.59. The van der Waals surface area contributed by atoms with Gasteiger partial charge in [-0.2, -0.15) is 0 Å².